The molecule has 0 atom stereocenters. The molecule has 1 N–H and O–H groups in total. The first-order valence-electron chi connectivity index (χ1n) is 5.96. The van der Waals surface area contributed by atoms with Gasteiger partial charge in [-0.3, -0.25) is 4.57 Å². The highest BCUT2D eigenvalue weighted by Crippen LogP contribution is 2.23. The van der Waals surface area contributed by atoms with Crippen LogP contribution in [0.1, 0.15) is 33.7 Å². The van der Waals surface area contributed by atoms with Crippen LogP contribution in [0, 0.1) is 4.77 Å². The summed E-state index contributed by atoms with van der Waals surface area (Å²) < 4.78 is 8.44. The molecule has 1 saturated heterocycles. The highest BCUT2D eigenvalue weighted by atomic mass is 32.1. The summed E-state index contributed by atoms with van der Waals surface area (Å²) in [4.78, 5) is 2.23. The van der Waals surface area contributed by atoms with Crippen LogP contribution >= 0.6 is 12.2 Å². The number of nitrogens with one attached hydrogen (secondary N) is 1. The van der Waals surface area contributed by atoms with Crippen LogP contribution in [-0.4, -0.2) is 40.1 Å². The normalized spacial score (nSPS) is 19.9. The fourth-order valence-electron chi connectivity index (χ4n) is 2.17. The molecule has 96 valence electrons. The van der Waals surface area contributed by atoms with Crippen molar-refractivity contribution in [1.82, 2.24) is 14.8 Å². The molecule has 0 radical (unpaired) electrons. The van der Waals surface area contributed by atoms with E-state index in [9.17, 15) is 0 Å². The number of hydrogen-bond donors (Lipinski definition) is 1. The van der Waals surface area contributed by atoms with Crippen molar-refractivity contribution in [3.05, 3.63) is 4.77 Å². The van der Waals surface area contributed by atoms with E-state index in [0.717, 1.165) is 25.6 Å². The van der Waals surface area contributed by atoms with E-state index in [0.29, 0.717) is 10.8 Å². The SMILES string of the molecule is CC(C)n1c(N2CCOC(C)(C)C2)n[nH]c1=S. The van der Waals surface area contributed by atoms with Gasteiger partial charge in [0.25, 0.3) is 0 Å². The molecule has 1 aromatic rings. The van der Waals surface area contributed by atoms with Crippen molar-refractivity contribution < 1.29 is 4.74 Å². The molecule has 0 unspecified atom stereocenters. The van der Waals surface area contributed by atoms with Crippen LogP contribution in [0.2, 0.25) is 0 Å². The van der Waals surface area contributed by atoms with E-state index >= 15 is 0 Å². The minimum Gasteiger partial charge on any atom is -0.372 e. The highest BCUT2D eigenvalue weighted by Gasteiger charge is 2.30. The number of hydrogen-bond acceptors (Lipinski definition) is 4. The number of aromatic nitrogens is 3. The number of morpholine rings is 1. The van der Waals surface area contributed by atoms with Gasteiger partial charge < -0.3 is 9.64 Å². The lowest BCUT2D eigenvalue weighted by Gasteiger charge is -2.38. The van der Waals surface area contributed by atoms with Crippen LogP contribution in [0.25, 0.3) is 0 Å². The summed E-state index contributed by atoms with van der Waals surface area (Å²) >= 11 is 5.26. The molecule has 1 aromatic heterocycles. The quantitative estimate of drug-likeness (QED) is 0.824. The first kappa shape index (κ1) is 12.6. The maximum absolute atomic E-state index is 5.71. The number of ether oxygens (including phenoxy) is 1. The Morgan fingerprint density at radius 3 is 2.76 bits per heavy atom. The number of rotatable bonds is 2. The molecule has 0 saturated carbocycles. The molecule has 1 fully saturated rings. The lowest BCUT2D eigenvalue weighted by molar-refractivity contribution is -0.0283. The van der Waals surface area contributed by atoms with Crippen LogP contribution in [0.3, 0.4) is 0 Å². The van der Waals surface area contributed by atoms with Crippen LogP contribution in [0.15, 0.2) is 0 Å². The van der Waals surface area contributed by atoms with Gasteiger partial charge in [0.1, 0.15) is 0 Å². The Morgan fingerprint density at radius 1 is 1.47 bits per heavy atom. The van der Waals surface area contributed by atoms with Crippen molar-refractivity contribution in [2.75, 3.05) is 24.6 Å². The number of anilines is 1. The highest BCUT2D eigenvalue weighted by molar-refractivity contribution is 7.71. The van der Waals surface area contributed by atoms with Gasteiger partial charge in [-0.25, -0.2) is 5.10 Å². The molecule has 0 aliphatic carbocycles. The smallest absolute Gasteiger partial charge is 0.226 e. The number of nitrogens with zero attached hydrogens (tertiary/aromatic N) is 3. The van der Waals surface area contributed by atoms with Crippen molar-refractivity contribution in [2.24, 2.45) is 0 Å². The maximum Gasteiger partial charge on any atom is 0.226 e. The number of aromatic amines is 1. The summed E-state index contributed by atoms with van der Waals surface area (Å²) in [5.41, 5.74) is -0.131. The fraction of sp³-hybridized carbons (Fsp3) is 0.818. The van der Waals surface area contributed by atoms with Crippen molar-refractivity contribution in [1.29, 1.82) is 0 Å². The van der Waals surface area contributed by atoms with Crippen LogP contribution < -0.4 is 4.90 Å². The third-order valence-electron chi connectivity index (χ3n) is 2.91. The molecule has 0 aromatic carbocycles. The molecule has 1 aliphatic heterocycles. The van der Waals surface area contributed by atoms with Crippen LogP contribution in [0.5, 0.6) is 0 Å². The minimum absolute atomic E-state index is 0.131. The van der Waals surface area contributed by atoms with E-state index in [-0.39, 0.29) is 5.60 Å². The zero-order chi connectivity index (χ0) is 12.6. The second-order valence-corrected chi connectivity index (χ2v) is 5.71. The lowest BCUT2D eigenvalue weighted by Crippen LogP contribution is -2.49. The number of H-pyrrole nitrogens is 1. The van der Waals surface area contributed by atoms with Gasteiger partial charge in [0.05, 0.1) is 12.2 Å². The van der Waals surface area contributed by atoms with E-state index in [1.54, 1.807) is 0 Å². The molecule has 6 heteroatoms. The Labute approximate surface area is 107 Å². The van der Waals surface area contributed by atoms with Crippen molar-refractivity contribution in [2.45, 2.75) is 39.3 Å². The first-order valence-corrected chi connectivity index (χ1v) is 6.37. The lowest BCUT2D eigenvalue weighted by atomic mass is 10.1. The summed E-state index contributed by atoms with van der Waals surface area (Å²) in [6.07, 6.45) is 0. The summed E-state index contributed by atoms with van der Waals surface area (Å²) in [7, 11) is 0. The van der Waals surface area contributed by atoms with Gasteiger partial charge in [-0.15, -0.1) is 5.10 Å². The third-order valence-corrected chi connectivity index (χ3v) is 3.20. The summed E-state index contributed by atoms with van der Waals surface area (Å²) in [5, 5.41) is 7.22. The van der Waals surface area contributed by atoms with E-state index in [2.05, 4.69) is 47.4 Å². The Kier molecular flexibility index (Phi) is 3.27. The van der Waals surface area contributed by atoms with E-state index in [1.807, 2.05) is 0 Å². The predicted octanol–water partition coefficient (Wildman–Crippen LogP) is 2.14. The fourth-order valence-corrected chi connectivity index (χ4v) is 2.51. The van der Waals surface area contributed by atoms with Crippen molar-refractivity contribution in [3.63, 3.8) is 0 Å². The summed E-state index contributed by atoms with van der Waals surface area (Å²) in [6.45, 7) is 10.8. The molecule has 0 amide bonds. The van der Waals surface area contributed by atoms with Gasteiger partial charge in [0.15, 0.2) is 4.77 Å². The molecule has 0 bridgehead atoms. The largest absolute Gasteiger partial charge is 0.372 e. The maximum atomic E-state index is 5.71. The third kappa shape index (κ3) is 2.52. The Balaban J connectivity index is 2.31. The molecule has 2 rings (SSSR count). The second-order valence-electron chi connectivity index (χ2n) is 5.32. The monoisotopic (exact) mass is 256 g/mol. The summed E-state index contributed by atoms with van der Waals surface area (Å²) in [5.74, 6) is 0.918. The van der Waals surface area contributed by atoms with Crippen LogP contribution in [0.4, 0.5) is 5.95 Å². The zero-order valence-electron chi connectivity index (χ0n) is 10.9. The second kappa shape index (κ2) is 4.42. The zero-order valence-corrected chi connectivity index (χ0v) is 11.7. The molecule has 2 heterocycles. The summed E-state index contributed by atoms with van der Waals surface area (Å²) in [6, 6.07) is 0.308. The average molecular weight is 256 g/mol. The first-order chi connectivity index (χ1) is 7.91. The van der Waals surface area contributed by atoms with E-state index in [4.69, 9.17) is 17.0 Å². The van der Waals surface area contributed by atoms with Gasteiger partial charge in [-0.2, -0.15) is 0 Å². The average Bonchev–Trinajstić information content (AvgIpc) is 2.58. The van der Waals surface area contributed by atoms with E-state index < -0.39 is 0 Å². The van der Waals surface area contributed by atoms with Gasteiger partial charge in [0.2, 0.25) is 5.95 Å². The van der Waals surface area contributed by atoms with Gasteiger partial charge in [-0.05, 0) is 39.9 Å². The molecule has 17 heavy (non-hydrogen) atoms. The van der Waals surface area contributed by atoms with Gasteiger partial charge in [0, 0.05) is 19.1 Å². The Morgan fingerprint density at radius 2 is 2.18 bits per heavy atom. The topological polar surface area (TPSA) is 46.1 Å². The molecular formula is C11H20N4OS. The molecule has 1 aliphatic rings. The van der Waals surface area contributed by atoms with Crippen LogP contribution in [-0.2, 0) is 4.74 Å². The predicted molar refractivity (Wildman–Crippen MR) is 70.0 cm³/mol. The van der Waals surface area contributed by atoms with Gasteiger partial charge in [-0.1, -0.05) is 0 Å². The molecule has 0 spiro atoms. The Hall–Kier alpha value is -0.880. The van der Waals surface area contributed by atoms with Crippen molar-refractivity contribution >= 4 is 18.2 Å². The minimum atomic E-state index is -0.131. The van der Waals surface area contributed by atoms with Gasteiger partial charge >= 0.3 is 0 Å². The molecule has 5 nitrogen and oxygen atoms in total. The standard InChI is InChI=1S/C11H20N4OS/c1-8(2)15-9(12-13-10(15)17)14-5-6-16-11(3,4)7-14/h8H,5-7H2,1-4H3,(H,13,17). The van der Waals surface area contributed by atoms with E-state index in [1.165, 1.54) is 0 Å². The van der Waals surface area contributed by atoms with Crippen molar-refractivity contribution in [3.8, 4) is 0 Å². The molecular weight excluding hydrogens is 236 g/mol. The Bertz CT molecular complexity index is 449.